The van der Waals surface area contributed by atoms with E-state index in [4.69, 9.17) is 5.73 Å². The summed E-state index contributed by atoms with van der Waals surface area (Å²) in [5.41, 5.74) is 5.15. The Hall–Kier alpha value is -0.570. The summed E-state index contributed by atoms with van der Waals surface area (Å²) in [4.78, 5) is 10.7. The van der Waals surface area contributed by atoms with Crippen LogP contribution in [0.5, 0.6) is 0 Å². The van der Waals surface area contributed by atoms with Crippen LogP contribution in [0.15, 0.2) is 0 Å². The van der Waals surface area contributed by atoms with Gasteiger partial charge >= 0.3 is 0 Å². The molecule has 3 heteroatoms. The van der Waals surface area contributed by atoms with Crippen LogP contribution >= 0.6 is 0 Å². The summed E-state index contributed by atoms with van der Waals surface area (Å²) in [5, 5.41) is 3.26. The third-order valence-electron chi connectivity index (χ3n) is 2.33. The van der Waals surface area contributed by atoms with Gasteiger partial charge in [0.2, 0.25) is 5.91 Å². The number of amides is 1. The van der Waals surface area contributed by atoms with Crippen LogP contribution in [0.1, 0.15) is 19.8 Å². The van der Waals surface area contributed by atoms with E-state index < -0.39 is 0 Å². The van der Waals surface area contributed by atoms with E-state index in [9.17, 15) is 4.79 Å². The molecule has 2 unspecified atom stereocenters. The minimum Gasteiger partial charge on any atom is -0.369 e. The van der Waals surface area contributed by atoms with Crippen LogP contribution < -0.4 is 11.1 Å². The second-order valence-corrected chi connectivity index (χ2v) is 3.40. The van der Waals surface area contributed by atoms with Gasteiger partial charge in [0.05, 0.1) is 0 Å². The molecule has 2 atom stereocenters. The Morgan fingerprint density at radius 1 is 1.82 bits per heavy atom. The minimum atomic E-state index is -0.170. The summed E-state index contributed by atoms with van der Waals surface area (Å²) in [7, 11) is 0. The van der Waals surface area contributed by atoms with Gasteiger partial charge in [0.1, 0.15) is 0 Å². The topological polar surface area (TPSA) is 55.1 Å². The second-order valence-electron chi connectivity index (χ2n) is 3.40. The van der Waals surface area contributed by atoms with E-state index in [0.717, 1.165) is 19.5 Å². The molecule has 3 nitrogen and oxygen atoms in total. The Labute approximate surface area is 67.3 Å². The molecule has 1 amide bonds. The molecule has 1 aliphatic heterocycles. The van der Waals surface area contributed by atoms with Crippen LogP contribution in [0.4, 0.5) is 0 Å². The van der Waals surface area contributed by atoms with Gasteiger partial charge in [-0.05, 0) is 31.8 Å². The summed E-state index contributed by atoms with van der Waals surface area (Å²) >= 11 is 0. The molecule has 0 aromatic heterocycles. The average Bonchev–Trinajstić information content (AvgIpc) is 2.39. The van der Waals surface area contributed by atoms with Crippen molar-refractivity contribution in [2.45, 2.75) is 19.8 Å². The lowest BCUT2D eigenvalue weighted by molar-refractivity contribution is -0.121. The molecule has 3 N–H and O–H groups in total. The highest BCUT2D eigenvalue weighted by Crippen LogP contribution is 2.17. The van der Waals surface area contributed by atoms with Crippen molar-refractivity contribution in [2.75, 3.05) is 13.1 Å². The third kappa shape index (κ3) is 2.50. The van der Waals surface area contributed by atoms with E-state index in [-0.39, 0.29) is 11.8 Å². The van der Waals surface area contributed by atoms with Crippen molar-refractivity contribution in [1.29, 1.82) is 0 Å². The zero-order chi connectivity index (χ0) is 8.27. The molecule has 0 spiro atoms. The van der Waals surface area contributed by atoms with Gasteiger partial charge in [-0.15, -0.1) is 0 Å². The molecular formula is C8H16N2O. The molecule has 64 valence electrons. The Morgan fingerprint density at radius 2 is 2.55 bits per heavy atom. The highest BCUT2D eigenvalue weighted by Gasteiger charge is 2.19. The van der Waals surface area contributed by atoms with Crippen LogP contribution in [0.2, 0.25) is 0 Å². The predicted molar refractivity (Wildman–Crippen MR) is 44.0 cm³/mol. The molecule has 11 heavy (non-hydrogen) atoms. The lowest BCUT2D eigenvalue weighted by Gasteiger charge is -2.11. The third-order valence-corrected chi connectivity index (χ3v) is 2.33. The van der Waals surface area contributed by atoms with Crippen LogP contribution in [0.25, 0.3) is 0 Å². The van der Waals surface area contributed by atoms with Gasteiger partial charge in [0.15, 0.2) is 0 Å². The molecular weight excluding hydrogens is 140 g/mol. The Morgan fingerprint density at radius 3 is 3.00 bits per heavy atom. The smallest absolute Gasteiger partial charge is 0.220 e. The van der Waals surface area contributed by atoms with Gasteiger partial charge < -0.3 is 11.1 Å². The first kappa shape index (κ1) is 8.53. The number of hydrogen-bond acceptors (Lipinski definition) is 2. The van der Waals surface area contributed by atoms with Gasteiger partial charge in [0.25, 0.3) is 0 Å². The lowest BCUT2D eigenvalue weighted by Crippen LogP contribution is -2.23. The summed E-state index contributed by atoms with van der Waals surface area (Å²) in [6.07, 6.45) is 2.14. The minimum absolute atomic E-state index is 0.0416. The maximum atomic E-state index is 10.7. The molecule has 0 radical (unpaired) electrons. The summed E-state index contributed by atoms with van der Waals surface area (Å²) in [5.74, 6) is 0.536. The molecule has 0 saturated carbocycles. The van der Waals surface area contributed by atoms with E-state index in [1.165, 1.54) is 6.42 Å². The first-order valence-corrected chi connectivity index (χ1v) is 4.20. The fraction of sp³-hybridized carbons (Fsp3) is 0.875. The van der Waals surface area contributed by atoms with E-state index in [2.05, 4.69) is 5.32 Å². The van der Waals surface area contributed by atoms with Gasteiger partial charge in [-0.1, -0.05) is 6.92 Å². The first-order valence-electron chi connectivity index (χ1n) is 4.20. The first-order chi connectivity index (χ1) is 5.20. The zero-order valence-electron chi connectivity index (χ0n) is 6.97. The number of carbonyl (C=O) groups excluding carboxylic acids is 1. The van der Waals surface area contributed by atoms with Crippen LogP contribution in [0.3, 0.4) is 0 Å². The molecule has 1 fully saturated rings. The van der Waals surface area contributed by atoms with Crippen molar-refractivity contribution >= 4 is 5.91 Å². The average molecular weight is 156 g/mol. The molecule has 1 saturated heterocycles. The highest BCUT2D eigenvalue weighted by atomic mass is 16.1. The number of hydrogen-bond donors (Lipinski definition) is 2. The summed E-state index contributed by atoms with van der Waals surface area (Å²) in [6, 6.07) is 0. The Kier molecular flexibility index (Phi) is 2.88. The molecule has 0 bridgehead atoms. The van der Waals surface area contributed by atoms with Crippen molar-refractivity contribution in [3.63, 3.8) is 0 Å². The maximum absolute atomic E-state index is 10.7. The second kappa shape index (κ2) is 3.72. The maximum Gasteiger partial charge on any atom is 0.220 e. The van der Waals surface area contributed by atoms with Crippen LogP contribution in [-0.4, -0.2) is 19.0 Å². The van der Waals surface area contributed by atoms with E-state index in [0.29, 0.717) is 5.92 Å². The number of nitrogens with two attached hydrogens (primary N) is 1. The van der Waals surface area contributed by atoms with Gasteiger partial charge in [-0.25, -0.2) is 0 Å². The number of primary amides is 1. The van der Waals surface area contributed by atoms with Gasteiger partial charge in [-0.3, -0.25) is 4.79 Å². The van der Waals surface area contributed by atoms with Gasteiger partial charge in [0, 0.05) is 5.92 Å². The Balaban J connectivity index is 2.23. The highest BCUT2D eigenvalue weighted by molar-refractivity contribution is 5.76. The largest absolute Gasteiger partial charge is 0.369 e. The SMILES string of the molecule is CC(CC1CCNC1)C(N)=O. The normalized spacial score (nSPS) is 26.8. The molecule has 0 aromatic rings. The molecule has 1 rings (SSSR count). The molecule has 1 aliphatic rings. The van der Waals surface area contributed by atoms with Crippen molar-refractivity contribution in [3.8, 4) is 0 Å². The van der Waals surface area contributed by atoms with E-state index in [1.807, 2.05) is 6.92 Å². The monoisotopic (exact) mass is 156 g/mol. The summed E-state index contributed by atoms with van der Waals surface area (Å²) in [6.45, 7) is 4.05. The van der Waals surface area contributed by atoms with Crippen molar-refractivity contribution in [1.82, 2.24) is 5.32 Å². The fourth-order valence-corrected chi connectivity index (χ4v) is 1.53. The zero-order valence-corrected chi connectivity index (χ0v) is 6.97. The number of carbonyl (C=O) groups is 1. The van der Waals surface area contributed by atoms with Crippen molar-refractivity contribution in [2.24, 2.45) is 17.6 Å². The molecule has 0 aliphatic carbocycles. The van der Waals surface area contributed by atoms with Gasteiger partial charge in [-0.2, -0.15) is 0 Å². The van der Waals surface area contributed by atoms with Crippen molar-refractivity contribution in [3.05, 3.63) is 0 Å². The number of nitrogens with one attached hydrogen (secondary N) is 1. The van der Waals surface area contributed by atoms with Crippen LogP contribution in [-0.2, 0) is 4.79 Å². The molecule has 0 aromatic carbocycles. The van der Waals surface area contributed by atoms with Crippen LogP contribution in [0, 0.1) is 11.8 Å². The Bertz CT molecular complexity index is 141. The predicted octanol–water partition coefficient (Wildman–Crippen LogP) is 0.107. The lowest BCUT2D eigenvalue weighted by atomic mass is 9.95. The van der Waals surface area contributed by atoms with E-state index >= 15 is 0 Å². The standard InChI is InChI=1S/C8H16N2O/c1-6(8(9)11)4-7-2-3-10-5-7/h6-7,10H,2-5H2,1H3,(H2,9,11). The van der Waals surface area contributed by atoms with Crippen molar-refractivity contribution < 1.29 is 4.79 Å². The molecule has 1 heterocycles. The number of rotatable bonds is 3. The summed E-state index contributed by atoms with van der Waals surface area (Å²) < 4.78 is 0. The van der Waals surface area contributed by atoms with E-state index in [1.54, 1.807) is 0 Å². The quantitative estimate of drug-likeness (QED) is 0.609. The fourth-order valence-electron chi connectivity index (χ4n) is 1.53.